The summed E-state index contributed by atoms with van der Waals surface area (Å²) in [6.07, 6.45) is 8.27. The molecule has 6 nitrogen and oxygen atoms in total. The van der Waals surface area contributed by atoms with Crippen molar-refractivity contribution in [2.24, 2.45) is 0 Å². The number of aliphatic hydroxyl groups excluding tert-OH is 1. The van der Waals surface area contributed by atoms with Gasteiger partial charge in [-0.25, -0.2) is 15.0 Å². The molecule has 0 aliphatic heterocycles. The van der Waals surface area contributed by atoms with Crippen LogP contribution < -0.4 is 5.32 Å². The van der Waals surface area contributed by atoms with E-state index in [0.717, 1.165) is 41.8 Å². The fourth-order valence-electron chi connectivity index (χ4n) is 4.19. The Bertz CT molecular complexity index is 915. The molecule has 0 bridgehead atoms. The molecule has 1 aliphatic rings. The molecule has 1 aliphatic carbocycles. The van der Waals surface area contributed by atoms with Crippen LogP contribution in [0.1, 0.15) is 58.4 Å². The summed E-state index contributed by atoms with van der Waals surface area (Å²) in [6.45, 7) is 3.89. The first-order valence-electron chi connectivity index (χ1n) is 10.4. The molecule has 148 valence electrons. The van der Waals surface area contributed by atoms with Crippen LogP contribution in [0.4, 0.5) is 5.82 Å². The molecule has 3 aromatic rings. The molecule has 2 heterocycles. The predicted molar refractivity (Wildman–Crippen MR) is 112 cm³/mol. The molecular weight excluding hydrogens is 350 g/mol. The third-order valence-electron chi connectivity index (χ3n) is 5.73. The molecule has 28 heavy (non-hydrogen) atoms. The third-order valence-corrected chi connectivity index (χ3v) is 5.73. The summed E-state index contributed by atoms with van der Waals surface area (Å²) in [5, 5.41) is 13.9. The second-order valence-corrected chi connectivity index (χ2v) is 7.78. The minimum absolute atomic E-state index is 0.0638. The van der Waals surface area contributed by atoms with Gasteiger partial charge in [0.15, 0.2) is 17.3 Å². The minimum Gasteiger partial charge on any atom is -0.391 e. The molecular formula is C22H29N5O. The second-order valence-electron chi connectivity index (χ2n) is 7.78. The smallest absolute Gasteiger partial charge is 0.166 e. The van der Waals surface area contributed by atoms with Crippen molar-refractivity contribution >= 4 is 17.0 Å². The number of rotatable bonds is 6. The van der Waals surface area contributed by atoms with Crippen molar-refractivity contribution in [2.75, 3.05) is 5.32 Å². The number of hydrogen-bond acceptors (Lipinski definition) is 5. The van der Waals surface area contributed by atoms with E-state index in [1.807, 2.05) is 41.8 Å². The number of aliphatic hydroxyl groups is 1. The molecule has 6 heteroatoms. The molecule has 2 aromatic heterocycles. The lowest BCUT2D eigenvalue weighted by Crippen LogP contribution is -2.23. The quantitative estimate of drug-likeness (QED) is 0.656. The Labute approximate surface area is 166 Å². The van der Waals surface area contributed by atoms with E-state index < -0.39 is 6.10 Å². The number of benzene rings is 1. The predicted octanol–water partition coefficient (Wildman–Crippen LogP) is 4.57. The standard InChI is InChI=1S/C22H29N5O/c1-3-18(15(2)28)27-14-23-19-21(24-17-12-8-5-9-13-17)25-20(26-22(19)27)16-10-6-4-7-11-16/h4,6-7,10-11,14-15,17-18,28H,3,5,8-9,12-13H2,1-2H3,(H,24,25,26)/t15-,18+/m1/s1. The lowest BCUT2D eigenvalue weighted by atomic mass is 9.95. The lowest BCUT2D eigenvalue weighted by Gasteiger charge is -2.24. The van der Waals surface area contributed by atoms with E-state index in [1.165, 1.54) is 19.3 Å². The molecule has 4 rings (SSSR count). The van der Waals surface area contributed by atoms with Crippen molar-refractivity contribution in [3.63, 3.8) is 0 Å². The third kappa shape index (κ3) is 3.74. The summed E-state index contributed by atoms with van der Waals surface area (Å²) in [5.74, 6) is 1.49. The van der Waals surface area contributed by atoms with Gasteiger partial charge in [-0.05, 0) is 26.2 Å². The maximum atomic E-state index is 10.3. The normalized spacial score (nSPS) is 17.5. The van der Waals surface area contributed by atoms with Crippen molar-refractivity contribution in [3.05, 3.63) is 36.7 Å². The molecule has 0 spiro atoms. The van der Waals surface area contributed by atoms with Crippen LogP contribution in [0.3, 0.4) is 0 Å². The molecule has 1 aromatic carbocycles. The van der Waals surface area contributed by atoms with Gasteiger partial charge in [-0.1, -0.05) is 56.5 Å². The molecule has 1 fully saturated rings. The first kappa shape index (κ1) is 18.9. The van der Waals surface area contributed by atoms with Gasteiger partial charge in [0.1, 0.15) is 5.52 Å². The Morgan fingerprint density at radius 2 is 1.89 bits per heavy atom. The molecule has 2 atom stereocenters. The Hall–Kier alpha value is -2.47. The van der Waals surface area contributed by atoms with Gasteiger partial charge < -0.3 is 15.0 Å². The number of hydrogen-bond donors (Lipinski definition) is 2. The van der Waals surface area contributed by atoms with Gasteiger partial charge in [0.05, 0.1) is 18.5 Å². The summed E-state index contributed by atoms with van der Waals surface area (Å²) in [4.78, 5) is 14.3. The van der Waals surface area contributed by atoms with Crippen LogP contribution in [0.5, 0.6) is 0 Å². The first-order chi connectivity index (χ1) is 13.7. The second kappa shape index (κ2) is 8.27. The summed E-state index contributed by atoms with van der Waals surface area (Å²) < 4.78 is 2.00. The van der Waals surface area contributed by atoms with Crippen molar-refractivity contribution < 1.29 is 5.11 Å². The van der Waals surface area contributed by atoms with Gasteiger partial charge in [0, 0.05) is 11.6 Å². The summed E-state index contributed by atoms with van der Waals surface area (Å²) >= 11 is 0. The van der Waals surface area contributed by atoms with E-state index >= 15 is 0 Å². The SMILES string of the molecule is CC[C@@H]([C@@H](C)O)n1cnc2c(NC3CCCCC3)nc(-c3ccccc3)nc21. The van der Waals surface area contributed by atoms with Gasteiger partial charge in [-0.15, -0.1) is 0 Å². The minimum atomic E-state index is -0.479. The van der Waals surface area contributed by atoms with Crippen molar-refractivity contribution in [2.45, 2.75) is 70.6 Å². The Kier molecular flexibility index (Phi) is 5.57. The maximum Gasteiger partial charge on any atom is 0.166 e. The van der Waals surface area contributed by atoms with Crippen LogP contribution in [-0.2, 0) is 0 Å². The number of imidazole rings is 1. The molecule has 2 N–H and O–H groups in total. The van der Waals surface area contributed by atoms with Crippen molar-refractivity contribution in [3.8, 4) is 11.4 Å². The van der Waals surface area contributed by atoms with Gasteiger partial charge in [-0.3, -0.25) is 0 Å². The zero-order valence-electron chi connectivity index (χ0n) is 16.7. The first-order valence-corrected chi connectivity index (χ1v) is 10.4. The summed E-state index contributed by atoms with van der Waals surface area (Å²) in [5.41, 5.74) is 2.54. The highest BCUT2D eigenvalue weighted by Gasteiger charge is 2.23. The highest BCUT2D eigenvalue weighted by atomic mass is 16.3. The Morgan fingerprint density at radius 3 is 2.57 bits per heavy atom. The summed E-state index contributed by atoms with van der Waals surface area (Å²) in [7, 11) is 0. The van der Waals surface area contributed by atoms with Crippen LogP contribution in [0.25, 0.3) is 22.6 Å². The number of anilines is 1. The Morgan fingerprint density at radius 1 is 1.14 bits per heavy atom. The fourth-order valence-corrected chi connectivity index (χ4v) is 4.19. The van der Waals surface area contributed by atoms with E-state index in [9.17, 15) is 5.11 Å². The maximum absolute atomic E-state index is 10.3. The molecule has 0 amide bonds. The van der Waals surface area contributed by atoms with Gasteiger partial charge in [-0.2, -0.15) is 0 Å². The van der Waals surface area contributed by atoms with Crippen LogP contribution >= 0.6 is 0 Å². The molecule has 0 unspecified atom stereocenters. The van der Waals surface area contributed by atoms with Gasteiger partial charge in [0.2, 0.25) is 0 Å². The van der Waals surface area contributed by atoms with E-state index in [-0.39, 0.29) is 6.04 Å². The van der Waals surface area contributed by atoms with E-state index in [4.69, 9.17) is 9.97 Å². The van der Waals surface area contributed by atoms with E-state index in [0.29, 0.717) is 11.9 Å². The van der Waals surface area contributed by atoms with Crippen molar-refractivity contribution in [1.82, 2.24) is 19.5 Å². The zero-order valence-corrected chi connectivity index (χ0v) is 16.7. The van der Waals surface area contributed by atoms with Crippen LogP contribution in [-0.4, -0.2) is 36.8 Å². The summed E-state index contributed by atoms with van der Waals surface area (Å²) in [6, 6.07) is 10.4. The van der Waals surface area contributed by atoms with Gasteiger partial charge in [0.25, 0.3) is 0 Å². The highest BCUT2D eigenvalue weighted by Crippen LogP contribution is 2.30. The lowest BCUT2D eigenvalue weighted by molar-refractivity contribution is 0.129. The molecule has 1 saturated carbocycles. The monoisotopic (exact) mass is 379 g/mol. The van der Waals surface area contributed by atoms with E-state index in [2.05, 4.69) is 17.2 Å². The van der Waals surface area contributed by atoms with Crippen LogP contribution in [0, 0.1) is 0 Å². The molecule has 0 saturated heterocycles. The van der Waals surface area contributed by atoms with Crippen LogP contribution in [0.2, 0.25) is 0 Å². The average Bonchev–Trinajstić information content (AvgIpc) is 3.14. The number of fused-ring (bicyclic) bond motifs is 1. The topological polar surface area (TPSA) is 75.9 Å². The van der Waals surface area contributed by atoms with Crippen molar-refractivity contribution in [1.29, 1.82) is 0 Å². The largest absolute Gasteiger partial charge is 0.391 e. The van der Waals surface area contributed by atoms with E-state index in [1.54, 1.807) is 6.33 Å². The Balaban J connectivity index is 1.82. The van der Waals surface area contributed by atoms with Crippen LogP contribution in [0.15, 0.2) is 36.7 Å². The molecule has 0 radical (unpaired) electrons. The zero-order chi connectivity index (χ0) is 19.5. The number of nitrogens with one attached hydrogen (secondary N) is 1. The number of aromatic nitrogens is 4. The highest BCUT2D eigenvalue weighted by molar-refractivity contribution is 5.85. The average molecular weight is 380 g/mol. The van der Waals surface area contributed by atoms with Gasteiger partial charge >= 0.3 is 0 Å². The fraction of sp³-hybridized carbons (Fsp3) is 0.500. The number of nitrogens with zero attached hydrogens (tertiary/aromatic N) is 4.